The summed E-state index contributed by atoms with van der Waals surface area (Å²) in [7, 11) is 3.19. The highest BCUT2D eigenvalue weighted by atomic mass is 16.5. The lowest BCUT2D eigenvalue weighted by Gasteiger charge is -2.13. The van der Waals surface area contributed by atoms with E-state index in [0.29, 0.717) is 30.1 Å². The second kappa shape index (κ2) is 8.05. The Morgan fingerprint density at radius 2 is 2.00 bits per heavy atom. The van der Waals surface area contributed by atoms with Crippen LogP contribution < -0.4 is 21.1 Å². The fourth-order valence-corrected chi connectivity index (χ4v) is 2.08. The number of rotatable bonds is 7. The van der Waals surface area contributed by atoms with Crippen molar-refractivity contribution < 1.29 is 14.3 Å². The summed E-state index contributed by atoms with van der Waals surface area (Å²) >= 11 is 0. The standard InChI is InChI=1S/C17H21N3O3/c1-22-9-8-19-17(21)15-10-12(18)6-7-16(15)20-13-4-3-5-14(11-13)23-2/h3-7,10-11,20H,8-9,18H2,1-2H3,(H,19,21). The quantitative estimate of drug-likeness (QED) is 0.539. The van der Waals surface area contributed by atoms with Gasteiger partial charge in [0.05, 0.1) is 25.0 Å². The number of amides is 1. The third-order valence-electron chi connectivity index (χ3n) is 3.23. The molecule has 23 heavy (non-hydrogen) atoms. The van der Waals surface area contributed by atoms with Crippen LogP contribution in [0, 0.1) is 0 Å². The van der Waals surface area contributed by atoms with Crippen LogP contribution in [0.2, 0.25) is 0 Å². The largest absolute Gasteiger partial charge is 0.497 e. The molecule has 0 radical (unpaired) electrons. The van der Waals surface area contributed by atoms with Crippen LogP contribution in [0.1, 0.15) is 10.4 Å². The van der Waals surface area contributed by atoms with Gasteiger partial charge in [-0.1, -0.05) is 6.07 Å². The van der Waals surface area contributed by atoms with E-state index >= 15 is 0 Å². The van der Waals surface area contributed by atoms with Crippen LogP contribution in [0.5, 0.6) is 5.75 Å². The van der Waals surface area contributed by atoms with Crippen molar-refractivity contribution in [3.05, 3.63) is 48.0 Å². The third kappa shape index (κ3) is 4.62. The van der Waals surface area contributed by atoms with E-state index in [1.807, 2.05) is 24.3 Å². The van der Waals surface area contributed by atoms with Gasteiger partial charge in [0.2, 0.25) is 0 Å². The van der Waals surface area contributed by atoms with Gasteiger partial charge >= 0.3 is 0 Å². The zero-order chi connectivity index (χ0) is 16.7. The van der Waals surface area contributed by atoms with Crippen molar-refractivity contribution in [2.75, 3.05) is 38.4 Å². The summed E-state index contributed by atoms with van der Waals surface area (Å²) in [6.45, 7) is 0.884. The molecular formula is C17H21N3O3. The van der Waals surface area contributed by atoms with Crippen molar-refractivity contribution in [2.24, 2.45) is 0 Å². The first-order valence-corrected chi connectivity index (χ1v) is 7.22. The maximum absolute atomic E-state index is 12.3. The molecule has 6 heteroatoms. The molecule has 0 bridgehead atoms. The van der Waals surface area contributed by atoms with Crippen molar-refractivity contribution >= 4 is 23.0 Å². The Labute approximate surface area is 135 Å². The van der Waals surface area contributed by atoms with E-state index in [1.54, 1.807) is 32.4 Å². The van der Waals surface area contributed by atoms with Crippen LogP contribution in [0.15, 0.2) is 42.5 Å². The predicted octanol–water partition coefficient (Wildman–Crippen LogP) is 2.40. The number of carbonyl (C=O) groups excluding carboxylic acids is 1. The topological polar surface area (TPSA) is 85.6 Å². The third-order valence-corrected chi connectivity index (χ3v) is 3.23. The molecule has 0 spiro atoms. The van der Waals surface area contributed by atoms with Gasteiger partial charge in [-0.3, -0.25) is 4.79 Å². The fraction of sp³-hybridized carbons (Fsp3) is 0.235. The van der Waals surface area contributed by atoms with E-state index in [1.165, 1.54) is 0 Å². The molecule has 0 unspecified atom stereocenters. The minimum atomic E-state index is -0.209. The van der Waals surface area contributed by atoms with E-state index in [4.69, 9.17) is 15.2 Å². The molecule has 0 aliphatic rings. The average Bonchev–Trinajstić information content (AvgIpc) is 2.56. The molecule has 0 saturated carbocycles. The van der Waals surface area contributed by atoms with E-state index in [2.05, 4.69) is 10.6 Å². The zero-order valence-corrected chi connectivity index (χ0v) is 13.3. The van der Waals surface area contributed by atoms with Gasteiger partial charge in [-0.2, -0.15) is 0 Å². The van der Waals surface area contributed by atoms with E-state index in [9.17, 15) is 4.79 Å². The molecule has 2 rings (SSSR count). The van der Waals surface area contributed by atoms with Gasteiger partial charge < -0.3 is 25.8 Å². The van der Waals surface area contributed by atoms with Crippen LogP contribution in [0.25, 0.3) is 0 Å². The second-order valence-corrected chi connectivity index (χ2v) is 4.91. The number of ether oxygens (including phenoxy) is 2. The highest BCUT2D eigenvalue weighted by molar-refractivity contribution is 6.01. The lowest BCUT2D eigenvalue weighted by Crippen LogP contribution is -2.27. The summed E-state index contributed by atoms with van der Waals surface area (Å²) in [5.41, 5.74) is 8.30. The van der Waals surface area contributed by atoms with Crippen LogP contribution in [-0.2, 0) is 4.74 Å². The second-order valence-electron chi connectivity index (χ2n) is 4.91. The Hall–Kier alpha value is -2.73. The van der Waals surface area contributed by atoms with E-state index < -0.39 is 0 Å². The number of nitrogens with one attached hydrogen (secondary N) is 2. The molecule has 2 aromatic rings. The van der Waals surface area contributed by atoms with Gasteiger partial charge in [0.15, 0.2) is 0 Å². The highest BCUT2D eigenvalue weighted by Gasteiger charge is 2.12. The van der Waals surface area contributed by atoms with Gasteiger partial charge in [0.25, 0.3) is 5.91 Å². The molecule has 1 amide bonds. The van der Waals surface area contributed by atoms with Gasteiger partial charge in [-0.15, -0.1) is 0 Å². The Morgan fingerprint density at radius 3 is 2.74 bits per heavy atom. The molecule has 0 fully saturated rings. The van der Waals surface area contributed by atoms with E-state index in [0.717, 1.165) is 11.4 Å². The summed E-state index contributed by atoms with van der Waals surface area (Å²) in [4.78, 5) is 12.3. The molecule has 0 aliphatic heterocycles. The maximum Gasteiger partial charge on any atom is 0.253 e. The Kier molecular flexibility index (Phi) is 5.82. The summed E-state index contributed by atoms with van der Waals surface area (Å²) in [6, 6.07) is 12.6. The molecule has 6 nitrogen and oxygen atoms in total. The highest BCUT2D eigenvalue weighted by Crippen LogP contribution is 2.25. The molecule has 0 aliphatic carbocycles. The SMILES string of the molecule is COCCNC(=O)c1cc(N)ccc1Nc1cccc(OC)c1. The molecule has 4 N–H and O–H groups in total. The average molecular weight is 315 g/mol. The minimum Gasteiger partial charge on any atom is -0.497 e. The number of benzene rings is 2. The van der Waals surface area contributed by atoms with Crippen molar-refractivity contribution in [1.82, 2.24) is 5.32 Å². The number of hydrogen-bond acceptors (Lipinski definition) is 5. The van der Waals surface area contributed by atoms with Crippen LogP contribution in [-0.4, -0.2) is 33.3 Å². The molecule has 0 aromatic heterocycles. The van der Waals surface area contributed by atoms with Crippen molar-refractivity contribution in [1.29, 1.82) is 0 Å². The van der Waals surface area contributed by atoms with Crippen molar-refractivity contribution in [2.45, 2.75) is 0 Å². The number of methoxy groups -OCH3 is 2. The van der Waals surface area contributed by atoms with Gasteiger partial charge in [0.1, 0.15) is 5.75 Å². The minimum absolute atomic E-state index is 0.209. The van der Waals surface area contributed by atoms with Crippen LogP contribution in [0.4, 0.5) is 17.1 Å². The van der Waals surface area contributed by atoms with Crippen molar-refractivity contribution in [3.8, 4) is 5.75 Å². The molecular weight excluding hydrogens is 294 g/mol. The number of hydrogen-bond donors (Lipinski definition) is 3. The number of carbonyl (C=O) groups is 1. The zero-order valence-electron chi connectivity index (χ0n) is 13.3. The molecule has 2 aromatic carbocycles. The number of nitrogen functional groups attached to an aromatic ring is 1. The lowest BCUT2D eigenvalue weighted by molar-refractivity contribution is 0.0938. The monoisotopic (exact) mass is 315 g/mol. The lowest BCUT2D eigenvalue weighted by atomic mass is 10.1. The smallest absolute Gasteiger partial charge is 0.253 e. The summed E-state index contributed by atoms with van der Waals surface area (Å²) < 4.78 is 10.1. The first-order chi connectivity index (χ1) is 11.1. The predicted molar refractivity (Wildman–Crippen MR) is 91.3 cm³/mol. The van der Waals surface area contributed by atoms with Gasteiger partial charge in [-0.25, -0.2) is 0 Å². The Balaban J connectivity index is 2.22. The molecule has 0 saturated heterocycles. The fourth-order valence-electron chi connectivity index (χ4n) is 2.08. The van der Waals surface area contributed by atoms with Gasteiger partial charge in [0, 0.05) is 31.1 Å². The van der Waals surface area contributed by atoms with Gasteiger partial charge in [-0.05, 0) is 30.3 Å². The first-order valence-electron chi connectivity index (χ1n) is 7.22. The maximum atomic E-state index is 12.3. The molecule has 122 valence electrons. The molecule has 0 heterocycles. The summed E-state index contributed by atoms with van der Waals surface area (Å²) in [5.74, 6) is 0.524. The Morgan fingerprint density at radius 1 is 1.17 bits per heavy atom. The van der Waals surface area contributed by atoms with E-state index in [-0.39, 0.29) is 5.91 Å². The normalized spacial score (nSPS) is 10.2. The summed E-state index contributed by atoms with van der Waals surface area (Å²) in [5, 5.41) is 6.01. The number of anilines is 3. The van der Waals surface area contributed by atoms with Crippen LogP contribution in [0.3, 0.4) is 0 Å². The number of nitrogens with two attached hydrogens (primary N) is 1. The molecule has 0 atom stereocenters. The first kappa shape index (κ1) is 16.6. The van der Waals surface area contributed by atoms with Crippen molar-refractivity contribution in [3.63, 3.8) is 0 Å². The van der Waals surface area contributed by atoms with Crippen LogP contribution >= 0.6 is 0 Å². The Bertz CT molecular complexity index is 674. The summed E-state index contributed by atoms with van der Waals surface area (Å²) in [6.07, 6.45) is 0.